The molecule has 3 fully saturated rings. The number of nitrogens with zero attached hydrogens (tertiary/aromatic N) is 4. The molecule has 0 aromatic carbocycles. The second kappa shape index (κ2) is 8.18. The van der Waals surface area contributed by atoms with E-state index in [2.05, 4.69) is 20.2 Å². The van der Waals surface area contributed by atoms with Gasteiger partial charge in [0.15, 0.2) is 5.82 Å². The van der Waals surface area contributed by atoms with Gasteiger partial charge in [0.05, 0.1) is 25.2 Å². The molecule has 1 aromatic heterocycles. The summed E-state index contributed by atoms with van der Waals surface area (Å²) in [6.45, 7) is 5.89. The molecule has 9 nitrogen and oxygen atoms in total. The highest BCUT2D eigenvalue weighted by molar-refractivity contribution is 5.91. The van der Waals surface area contributed by atoms with Gasteiger partial charge >= 0.3 is 5.97 Å². The fourth-order valence-corrected chi connectivity index (χ4v) is 4.43. The van der Waals surface area contributed by atoms with Crippen LogP contribution in [0.15, 0.2) is 12.3 Å². The van der Waals surface area contributed by atoms with Gasteiger partial charge in [0.1, 0.15) is 6.10 Å². The van der Waals surface area contributed by atoms with Crippen molar-refractivity contribution in [1.82, 2.24) is 19.6 Å². The quantitative estimate of drug-likeness (QED) is 0.712. The third-order valence-electron chi connectivity index (χ3n) is 6.05. The van der Waals surface area contributed by atoms with Crippen molar-refractivity contribution in [3.63, 3.8) is 0 Å². The molecule has 3 aliphatic heterocycles. The van der Waals surface area contributed by atoms with Crippen molar-refractivity contribution in [3.8, 4) is 0 Å². The molecule has 1 aromatic rings. The lowest BCUT2D eigenvalue weighted by Crippen LogP contribution is -2.45. The normalized spacial score (nSPS) is 25.8. The van der Waals surface area contributed by atoms with Crippen LogP contribution in [-0.2, 0) is 26.1 Å². The van der Waals surface area contributed by atoms with E-state index in [-0.39, 0.29) is 23.4 Å². The maximum Gasteiger partial charge on any atom is 0.312 e. The van der Waals surface area contributed by atoms with E-state index in [1.807, 2.05) is 7.05 Å². The Labute approximate surface area is 164 Å². The summed E-state index contributed by atoms with van der Waals surface area (Å²) in [5.41, 5.74) is -0.370. The van der Waals surface area contributed by atoms with Gasteiger partial charge in [-0.3, -0.25) is 24.1 Å². The molecule has 1 N–H and O–H groups in total. The summed E-state index contributed by atoms with van der Waals surface area (Å²) < 4.78 is 12.8. The zero-order chi connectivity index (χ0) is 19.6. The number of cyclic esters (lactones) is 1. The minimum atomic E-state index is -0.370. The monoisotopic (exact) mass is 391 g/mol. The topological polar surface area (TPSA) is 88.9 Å². The molecular formula is C19H29N5O4. The van der Waals surface area contributed by atoms with Gasteiger partial charge in [-0.15, -0.1) is 0 Å². The minimum Gasteiger partial charge on any atom is -0.461 e. The number of carbonyl (C=O) groups excluding carboxylic acids is 2. The van der Waals surface area contributed by atoms with Gasteiger partial charge in [-0.25, -0.2) is 0 Å². The summed E-state index contributed by atoms with van der Waals surface area (Å²) in [4.78, 5) is 29.3. The number of aromatic nitrogens is 2. The number of ether oxygens (including phenoxy) is 2. The standard InChI is InChI=1S/C19H29N5O4/c1-22-5-2-16(21-22)20-17(25)14-23-6-3-19(4-7-23)12-15(28-18(19)26)13-24-8-10-27-11-9-24/h2,5,15H,3-4,6-14H2,1H3,(H,20,21,25). The molecule has 1 amide bonds. The molecule has 4 heterocycles. The molecule has 0 radical (unpaired) electrons. The molecule has 1 atom stereocenters. The van der Waals surface area contributed by atoms with Crippen LogP contribution in [0.5, 0.6) is 0 Å². The van der Waals surface area contributed by atoms with Crippen LogP contribution in [0.1, 0.15) is 19.3 Å². The van der Waals surface area contributed by atoms with Crippen LogP contribution in [0.2, 0.25) is 0 Å². The van der Waals surface area contributed by atoms with E-state index in [1.54, 1.807) is 16.9 Å². The Hall–Kier alpha value is -1.97. The maximum atomic E-state index is 12.6. The number of hydrogen-bond donors (Lipinski definition) is 1. The number of nitrogens with one attached hydrogen (secondary N) is 1. The number of morpholine rings is 1. The molecule has 3 aliphatic rings. The number of anilines is 1. The molecule has 1 unspecified atom stereocenters. The van der Waals surface area contributed by atoms with Gasteiger partial charge in [-0.05, 0) is 25.9 Å². The first-order valence-electron chi connectivity index (χ1n) is 10.1. The molecular weight excluding hydrogens is 362 g/mol. The molecule has 28 heavy (non-hydrogen) atoms. The molecule has 154 valence electrons. The number of esters is 1. The van der Waals surface area contributed by atoms with Crippen LogP contribution < -0.4 is 5.32 Å². The lowest BCUT2D eigenvalue weighted by Gasteiger charge is -2.36. The SMILES string of the molecule is Cn1ccc(NC(=O)CN2CCC3(CC2)CC(CN2CCOCC2)OC3=O)n1. The van der Waals surface area contributed by atoms with Crippen LogP contribution in [0.3, 0.4) is 0 Å². The Balaban J connectivity index is 1.24. The molecule has 0 saturated carbocycles. The molecule has 1 spiro atoms. The predicted molar refractivity (Wildman–Crippen MR) is 102 cm³/mol. The Bertz CT molecular complexity index is 707. The van der Waals surface area contributed by atoms with Gasteiger partial charge in [0, 0.05) is 45.4 Å². The van der Waals surface area contributed by atoms with Crippen LogP contribution in [-0.4, -0.2) is 90.0 Å². The third kappa shape index (κ3) is 4.37. The van der Waals surface area contributed by atoms with Crippen LogP contribution in [0.4, 0.5) is 5.82 Å². The number of amides is 1. The van der Waals surface area contributed by atoms with Crippen LogP contribution in [0.25, 0.3) is 0 Å². The number of carbonyl (C=O) groups is 2. The van der Waals surface area contributed by atoms with Gasteiger partial charge in [-0.2, -0.15) is 5.10 Å². The fourth-order valence-electron chi connectivity index (χ4n) is 4.43. The summed E-state index contributed by atoms with van der Waals surface area (Å²) >= 11 is 0. The van der Waals surface area contributed by atoms with Crippen molar-refractivity contribution in [1.29, 1.82) is 0 Å². The van der Waals surface area contributed by atoms with Gasteiger partial charge in [0.2, 0.25) is 5.91 Å². The van der Waals surface area contributed by atoms with Crippen molar-refractivity contribution >= 4 is 17.7 Å². The number of piperidine rings is 1. The van der Waals surface area contributed by atoms with Crippen molar-refractivity contribution in [2.24, 2.45) is 12.5 Å². The maximum absolute atomic E-state index is 12.6. The lowest BCUT2D eigenvalue weighted by molar-refractivity contribution is -0.151. The smallest absolute Gasteiger partial charge is 0.312 e. The van der Waals surface area contributed by atoms with E-state index >= 15 is 0 Å². The summed E-state index contributed by atoms with van der Waals surface area (Å²) in [7, 11) is 1.81. The van der Waals surface area contributed by atoms with E-state index in [0.717, 1.165) is 65.2 Å². The number of rotatable bonds is 5. The van der Waals surface area contributed by atoms with Gasteiger partial charge < -0.3 is 14.8 Å². The highest BCUT2D eigenvalue weighted by Gasteiger charge is 2.50. The summed E-state index contributed by atoms with van der Waals surface area (Å²) in [6.07, 6.45) is 4.06. The average molecular weight is 391 g/mol. The van der Waals surface area contributed by atoms with Crippen molar-refractivity contribution in [2.75, 3.05) is 57.8 Å². The molecule has 0 aliphatic carbocycles. The lowest BCUT2D eigenvalue weighted by atomic mass is 9.76. The Morgan fingerprint density at radius 2 is 2.00 bits per heavy atom. The first-order chi connectivity index (χ1) is 13.5. The zero-order valence-electron chi connectivity index (χ0n) is 16.4. The first kappa shape index (κ1) is 19.4. The van der Waals surface area contributed by atoms with E-state index < -0.39 is 0 Å². The Kier molecular flexibility index (Phi) is 5.65. The highest BCUT2D eigenvalue weighted by Crippen LogP contribution is 2.43. The van der Waals surface area contributed by atoms with Crippen molar-refractivity contribution in [2.45, 2.75) is 25.4 Å². The van der Waals surface area contributed by atoms with Crippen LogP contribution >= 0.6 is 0 Å². The van der Waals surface area contributed by atoms with Gasteiger partial charge in [0.25, 0.3) is 0 Å². The van der Waals surface area contributed by atoms with E-state index in [9.17, 15) is 9.59 Å². The average Bonchev–Trinajstić information content (AvgIpc) is 3.21. The Morgan fingerprint density at radius 3 is 2.68 bits per heavy atom. The van der Waals surface area contributed by atoms with E-state index in [1.165, 1.54) is 0 Å². The number of likely N-dealkylation sites (tertiary alicyclic amines) is 1. The fraction of sp³-hybridized carbons (Fsp3) is 0.737. The first-order valence-corrected chi connectivity index (χ1v) is 10.1. The third-order valence-corrected chi connectivity index (χ3v) is 6.05. The zero-order valence-corrected chi connectivity index (χ0v) is 16.4. The van der Waals surface area contributed by atoms with E-state index in [0.29, 0.717) is 12.4 Å². The van der Waals surface area contributed by atoms with E-state index in [4.69, 9.17) is 9.47 Å². The summed E-state index contributed by atoms with van der Waals surface area (Å²) in [5.74, 6) is 0.434. The molecule has 4 rings (SSSR count). The highest BCUT2D eigenvalue weighted by atomic mass is 16.6. The second-order valence-corrected chi connectivity index (χ2v) is 8.12. The molecule has 3 saturated heterocycles. The molecule has 9 heteroatoms. The molecule has 0 bridgehead atoms. The predicted octanol–water partition coefficient (Wildman–Crippen LogP) is 0.0885. The van der Waals surface area contributed by atoms with Crippen molar-refractivity contribution in [3.05, 3.63) is 12.3 Å². The largest absolute Gasteiger partial charge is 0.461 e. The number of hydrogen-bond acceptors (Lipinski definition) is 7. The van der Waals surface area contributed by atoms with Crippen molar-refractivity contribution < 1.29 is 19.1 Å². The van der Waals surface area contributed by atoms with Crippen LogP contribution in [0, 0.1) is 5.41 Å². The summed E-state index contributed by atoms with van der Waals surface area (Å²) in [5, 5.41) is 6.97. The number of aryl methyl sites for hydroxylation is 1. The summed E-state index contributed by atoms with van der Waals surface area (Å²) in [6, 6.07) is 1.77. The van der Waals surface area contributed by atoms with Gasteiger partial charge in [-0.1, -0.05) is 0 Å². The second-order valence-electron chi connectivity index (χ2n) is 8.12. The minimum absolute atomic E-state index is 0.0235. The Morgan fingerprint density at radius 1 is 1.25 bits per heavy atom.